The van der Waals surface area contributed by atoms with Crippen molar-refractivity contribution < 1.29 is 8.72 Å². The van der Waals surface area contributed by atoms with Crippen LogP contribution in [0.1, 0.15) is 37.5 Å². The number of hydrogen-bond donors (Lipinski definition) is 0. The second-order valence-corrected chi connectivity index (χ2v) is 7.22. The first kappa shape index (κ1) is 14.3. The molecule has 3 heteroatoms. The van der Waals surface area contributed by atoms with E-state index in [1.165, 1.54) is 5.56 Å². The SMILES string of the molecule is CC(C)(C)c1ccc2c(c1)C(c1ccccc1)=CP(F)O2. The molecule has 0 aromatic heterocycles. The molecule has 0 fully saturated rings. The first-order chi connectivity index (χ1) is 9.95. The standard InChI is InChI=1S/C18H18FOP/c1-18(2,3)14-9-10-17-15(11-14)16(12-21(19)20-17)13-7-5-4-6-8-13/h4-12H,1-3H3. The number of rotatable bonds is 1. The van der Waals surface area contributed by atoms with Crippen LogP contribution in [0.25, 0.3) is 5.57 Å². The molecule has 0 amide bonds. The van der Waals surface area contributed by atoms with E-state index in [1.54, 1.807) is 5.82 Å². The van der Waals surface area contributed by atoms with Crippen LogP contribution in [0.2, 0.25) is 0 Å². The molecule has 0 radical (unpaired) electrons. The molecule has 108 valence electrons. The van der Waals surface area contributed by atoms with Crippen molar-refractivity contribution in [2.75, 3.05) is 0 Å². The van der Waals surface area contributed by atoms with Gasteiger partial charge in [0.25, 0.3) is 0 Å². The van der Waals surface area contributed by atoms with Gasteiger partial charge in [-0.1, -0.05) is 57.2 Å². The Morgan fingerprint density at radius 3 is 2.38 bits per heavy atom. The Balaban J connectivity index is 2.15. The first-order valence-corrected chi connectivity index (χ1v) is 8.22. The summed E-state index contributed by atoms with van der Waals surface area (Å²) in [5.74, 6) is 2.25. The first-order valence-electron chi connectivity index (χ1n) is 7.00. The van der Waals surface area contributed by atoms with Crippen molar-refractivity contribution in [3.05, 3.63) is 71.0 Å². The van der Waals surface area contributed by atoms with E-state index >= 15 is 0 Å². The Kier molecular flexibility index (Phi) is 3.59. The Labute approximate surface area is 126 Å². The quantitative estimate of drug-likeness (QED) is 0.583. The van der Waals surface area contributed by atoms with Gasteiger partial charge in [-0.25, -0.2) is 0 Å². The molecule has 1 aliphatic rings. The highest BCUT2D eigenvalue weighted by Crippen LogP contribution is 2.52. The highest BCUT2D eigenvalue weighted by molar-refractivity contribution is 7.51. The zero-order valence-electron chi connectivity index (χ0n) is 12.4. The summed E-state index contributed by atoms with van der Waals surface area (Å²) in [5.41, 5.74) is 4.20. The van der Waals surface area contributed by atoms with Crippen molar-refractivity contribution in [3.8, 4) is 5.75 Å². The summed E-state index contributed by atoms with van der Waals surface area (Å²) in [4.78, 5) is 0. The van der Waals surface area contributed by atoms with Gasteiger partial charge in [0.05, 0.1) is 0 Å². The molecule has 0 N–H and O–H groups in total. The van der Waals surface area contributed by atoms with Crippen molar-refractivity contribution in [2.45, 2.75) is 26.2 Å². The zero-order chi connectivity index (χ0) is 15.0. The number of fused-ring (bicyclic) bond motifs is 1. The molecule has 0 spiro atoms. The minimum absolute atomic E-state index is 0.0503. The van der Waals surface area contributed by atoms with E-state index in [0.717, 1.165) is 16.7 Å². The molecule has 1 aliphatic heterocycles. The van der Waals surface area contributed by atoms with Crippen molar-refractivity contribution in [3.63, 3.8) is 0 Å². The fraction of sp³-hybridized carbons (Fsp3) is 0.222. The van der Waals surface area contributed by atoms with Crippen molar-refractivity contribution in [1.82, 2.24) is 0 Å². The molecular formula is C18H18FOP. The summed E-state index contributed by atoms with van der Waals surface area (Å²) < 4.78 is 19.3. The molecule has 0 aliphatic carbocycles. The van der Waals surface area contributed by atoms with Crippen LogP contribution in [0.15, 0.2) is 54.3 Å². The molecule has 0 saturated carbocycles. The van der Waals surface area contributed by atoms with E-state index in [2.05, 4.69) is 26.8 Å². The Hall–Kier alpha value is -1.66. The molecule has 2 aromatic carbocycles. The summed E-state index contributed by atoms with van der Waals surface area (Å²) in [6.45, 7) is 6.52. The summed E-state index contributed by atoms with van der Waals surface area (Å²) in [5, 5.41) is 0. The Bertz CT molecular complexity index is 686. The predicted octanol–water partition coefficient (Wildman–Crippen LogP) is 6.05. The van der Waals surface area contributed by atoms with Crippen molar-refractivity contribution in [2.24, 2.45) is 0 Å². The highest BCUT2D eigenvalue weighted by atomic mass is 31.2. The third-order valence-electron chi connectivity index (χ3n) is 3.64. The third kappa shape index (κ3) is 2.87. The lowest BCUT2D eigenvalue weighted by Gasteiger charge is -2.25. The molecule has 3 rings (SSSR count). The van der Waals surface area contributed by atoms with E-state index in [4.69, 9.17) is 4.52 Å². The molecule has 1 unspecified atom stereocenters. The molecule has 1 nitrogen and oxygen atoms in total. The molecule has 1 atom stereocenters. The fourth-order valence-electron chi connectivity index (χ4n) is 2.43. The van der Waals surface area contributed by atoms with Gasteiger partial charge < -0.3 is 4.52 Å². The van der Waals surface area contributed by atoms with Gasteiger partial charge in [0.1, 0.15) is 5.75 Å². The van der Waals surface area contributed by atoms with Gasteiger partial charge in [0, 0.05) is 11.4 Å². The smallest absolute Gasteiger partial charge is 0.302 e. The number of hydrogen-bond acceptors (Lipinski definition) is 1. The Morgan fingerprint density at radius 2 is 1.71 bits per heavy atom. The third-order valence-corrected chi connectivity index (χ3v) is 4.47. The van der Waals surface area contributed by atoms with E-state index in [9.17, 15) is 4.20 Å². The molecule has 0 bridgehead atoms. The van der Waals surface area contributed by atoms with Crippen LogP contribution < -0.4 is 4.52 Å². The second-order valence-electron chi connectivity index (χ2n) is 6.23. The summed E-state index contributed by atoms with van der Waals surface area (Å²) >= 11 is 0. The van der Waals surface area contributed by atoms with E-state index in [1.807, 2.05) is 42.5 Å². The van der Waals surface area contributed by atoms with Gasteiger partial charge in [-0.2, -0.15) is 4.20 Å². The summed E-state index contributed by atoms with van der Waals surface area (Å²) in [6.07, 6.45) is 0. The van der Waals surface area contributed by atoms with Crippen LogP contribution in [0.4, 0.5) is 4.20 Å². The van der Waals surface area contributed by atoms with Gasteiger partial charge in [0.15, 0.2) is 0 Å². The van der Waals surface area contributed by atoms with Gasteiger partial charge in [0.2, 0.25) is 0 Å². The van der Waals surface area contributed by atoms with E-state index < -0.39 is 8.46 Å². The minimum atomic E-state index is -2.04. The van der Waals surface area contributed by atoms with Crippen LogP contribution in [0.5, 0.6) is 5.75 Å². The maximum Gasteiger partial charge on any atom is 0.302 e. The highest BCUT2D eigenvalue weighted by Gasteiger charge is 2.24. The second kappa shape index (κ2) is 5.27. The van der Waals surface area contributed by atoms with Gasteiger partial charge in [-0.3, -0.25) is 0 Å². The monoisotopic (exact) mass is 300 g/mol. The molecule has 2 aromatic rings. The van der Waals surface area contributed by atoms with Crippen LogP contribution in [-0.4, -0.2) is 0 Å². The largest absolute Gasteiger partial charge is 0.441 e. The lowest BCUT2D eigenvalue weighted by atomic mass is 9.84. The number of halogens is 1. The van der Waals surface area contributed by atoms with E-state index in [-0.39, 0.29) is 5.41 Å². The Morgan fingerprint density at radius 1 is 1.00 bits per heavy atom. The zero-order valence-corrected chi connectivity index (χ0v) is 13.3. The van der Waals surface area contributed by atoms with Crippen molar-refractivity contribution in [1.29, 1.82) is 0 Å². The molecular weight excluding hydrogens is 282 g/mol. The average Bonchev–Trinajstić information content (AvgIpc) is 2.46. The van der Waals surface area contributed by atoms with Crippen molar-refractivity contribution >= 4 is 14.0 Å². The van der Waals surface area contributed by atoms with Crippen LogP contribution in [0.3, 0.4) is 0 Å². The molecule has 0 saturated heterocycles. The lowest BCUT2D eigenvalue weighted by Crippen LogP contribution is -2.12. The normalized spacial score (nSPS) is 17.7. The van der Waals surface area contributed by atoms with Crippen LogP contribution in [-0.2, 0) is 5.41 Å². The average molecular weight is 300 g/mol. The van der Waals surface area contributed by atoms with Gasteiger partial charge in [-0.15, -0.1) is 0 Å². The molecule has 21 heavy (non-hydrogen) atoms. The van der Waals surface area contributed by atoms with E-state index in [0.29, 0.717) is 5.75 Å². The van der Waals surface area contributed by atoms with Crippen LogP contribution in [0, 0.1) is 0 Å². The topological polar surface area (TPSA) is 9.23 Å². The maximum atomic E-state index is 13.9. The predicted molar refractivity (Wildman–Crippen MR) is 87.3 cm³/mol. The van der Waals surface area contributed by atoms with Gasteiger partial charge >= 0.3 is 8.46 Å². The maximum absolute atomic E-state index is 13.9. The summed E-state index contributed by atoms with van der Waals surface area (Å²) in [7, 11) is -2.04. The lowest BCUT2D eigenvalue weighted by molar-refractivity contribution is 0.563. The number of benzene rings is 2. The molecule has 1 heterocycles. The minimum Gasteiger partial charge on any atom is -0.441 e. The van der Waals surface area contributed by atoms with Gasteiger partial charge in [-0.05, 0) is 34.2 Å². The summed E-state index contributed by atoms with van der Waals surface area (Å²) in [6, 6.07) is 16.0. The van der Waals surface area contributed by atoms with Crippen LogP contribution >= 0.6 is 8.46 Å². The fourth-order valence-corrected chi connectivity index (χ4v) is 3.32.